The zero-order valence-corrected chi connectivity index (χ0v) is 15.9. The molecule has 29 heavy (non-hydrogen) atoms. The molecule has 0 spiro atoms. The largest absolute Gasteiger partial charge is 0.356 e. The van der Waals surface area contributed by atoms with E-state index in [1.165, 1.54) is 6.08 Å². The van der Waals surface area contributed by atoms with Crippen LogP contribution in [0, 0.1) is 11.3 Å². The highest BCUT2D eigenvalue weighted by Gasteiger charge is 2.16. The summed E-state index contributed by atoms with van der Waals surface area (Å²) in [7, 11) is 1.69. The molecule has 0 atom stereocenters. The number of aryl methyl sites for hydroxylation is 1. The van der Waals surface area contributed by atoms with Crippen LogP contribution in [0.4, 0.5) is 5.82 Å². The van der Waals surface area contributed by atoms with E-state index in [0.29, 0.717) is 36.5 Å². The van der Waals surface area contributed by atoms with Gasteiger partial charge >= 0.3 is 0 Å². The molecule has 3 heterocycles. The summed E-state index contributed by atoms with van der Waals surface area (Å²) in [4.78, 5) is 33.0. The standard InChI is InChI=1S/C22H19N5O2/c1-27(13-19-17(11-23)16-4-2-3-5-18(16)25-19)21(29)9-6-14-10-15-7-8-20(28)26-22(15)24-12-14/h2-6,9-10,12,25H,7-8,13H2,1H3,(H,24,26,28)/b9-6+. The Balaban J connectivity index is 1.48. The van der Waals surface area contributed by atoms with E-state index >= 15 is 0 Å². The molecule has 144 valence electrons. The molecule has 3 aromatic rings. The number of fused-ring (bicyclic) bond motifs is 2. The summed E-state index contributed by atoms with van der Waals surface area (Å²) >= 11 is 0. The second-order valence-corrected chi connectivity index (χ2v) is 6.99. The van der Waals surface area contributed by atoms with Crippen LogP contribution in [0.1, 0.15) is 28.8 Å². The lowest BCUT2D eigenvalue weighted by molar-refractivity contribution is -0.125. The van der Waals surface area contributed by atoms with Gasteiger partial charge in [-0.2, -0.15) is 5.26 Å². The maximum absolute atomic E-state index is 12.5. The Morgan fingerprint density at radius 3 is 3.00 bits per heavy atom. The van der Waals surface area contributed by atoms with Crippen molar-refractivity contribution in [1.82, 2.24) is 14.9 Å². The fraction of sp³-hybridized carbons (Fsp3) is 0.182. The Morgan fingerprint density at radius 1 is 1.34 bits per heavy atom. The smallest absolute Gasteiger partial charge is 0.246 e. The zero-order chi connectivity index (χ0) is 20.4. The molecule has 0 unspecified atom stereocenters. The molecule has 7 heteroatoms. The van der Waals surface area contributed by atoms with Crippen molar-refractivity contribution in [3.05, 3.63) is 65.0 Å². The molecule has 7 nitrogen and oxygen atoms in total. The van der Waals surface area contributed by atoms with E-state index in [-0.39, 0.29) is 11.8 Å². The zero-order valence-electron chi connectivity index (χ0n) is 15.9. The minimum absolute atomic E-state index is 0.0289. The maximum Gasteiger partial charge on any atom is 0.246 e. The Labute approximate surface area is 167 Å². The molecular formula is C22H19N5O2. The summed E-state index contributed by atoms with van der Waals surface area (Å²) in [6.07, 6.45) is 5.90. The van der Waals surface area contributed by atoms with Crippen LogP contribution in [0.15, 0.2) is 42.6 Å². The van der Waals surface area contributed by atoms with E-state index in [1.54, 1.807) is 24.2 Å². The van der Waals surface area contributed by atoms with Gasteiger partial charge in [-0.3, -0.25) is 9.59 Å². The Bertz CT molecular complexity index is 1190. The molecule has 0 radical (unpaired) electrons. The number of benzene rings is 1. The molecular weight excluding hydrogens is 366 g/mol. The lowest BCUT2D eigenvalue weighted by Gasteiger charge is -2.16. The van der Waals surface area contributed by atoms with Crippen LogP contribution in [-0.4, -0.2) is 33.7 Å². The van der Waals surface area contributed by atoms with Gasteiger partial charge in [0.05, 0.1) is 17.8 Å². The van der Waals surface area contributed by atoms with E-state index < -0.39 is 0 Å². The summed E-state index contributed by atoms with van der Waals surface area (Å²) in [5.74, 6) is 0.377. The van der Waals surface area contributed by atoms with Gasteiger partial charge in [0.2, 0.25) is 11.8 Å². The molecule has 1 aliphatic rings. The third-order valence-electron chi connectivity index (χ3n) is 4.95. The van der Waals surface area contributed by atoms with Crippen molar-refractivity contribution in [3.63, 3.8) is 0 Å². The number of aromatic amines is 1. The number of carbonyl (C=O) groups excluding carboxylic acids is 2. The predicted molar refractivity (Wildman–Crippen MR) is 110 cm³/mol. The number of carbonyl (C=O) groups is 2. The number of hydrogen-bond acceptors (Lipinski definition) is 4. The van der Waals surface area contributed by atoms with Crippen LogP contribution in [0.5, 0.6) is 0 Å². The normalized spacial score (nSPS) is 13.2. The minimum Gasteiger partial charge on any atom is -0.356 e. The minimum atomic E-state index is -0.182. The van der Waals surface area contributed by atoms with Crippen molar-refractivity contribution in [2.75, 3.05) is 12.4 Å². The second kappa shape index (κ2) is 7.60. The average Bonchev–Trinajstić information content (AvgIpc) is 3.08. The summed E-state index contributed by atoms with van der Waals surface area (Å²) in [5.41, 5.74) is 3.91. The first-order valence-electron chi connectivity index (χ1n) is 9.27. The van der Waals surface area contributed by atoms with E-state index in [1.807, 2.05) is 30.3 Å². The van der Waals surface area contributed by atoms with Gasteiger partial charge in [-0.25, -0.2) is 4.98 Å². The number of rotatable bonds is 4. The van der Waals surface area contributed by atoms with E-state index in [9.17, 15) is 14.9 Å². The van der Waals surface area contributed by atoms with Crippen molar-refractivity contribution in [1.29, 1.82) is 5.26 Å². The van der Waals surface area contributed by atoms with Crippen LogP contribution >= 0.6 is 0 Å². The van der Waals surface area contributed by atoms with Gasteiger partial charge in [-0.15, -0.1) is 0 Å². The molecule has 1 aliphatic heterocycles. The van der Waals surface area contributed by atoms with Crippen molar-refractivity contribution >= 4 is 34.6 Å². The van der Waals surface area contributed by atoms with Crippen molar-refractivity contribution in [2.24, 2.45) is 0 Å². The van der Waals surface area contributed by atoms with Crippen LogP contribution in [0.3, 0.4) is 0 Å². The highest BCUT2D eigenvalue weighted by atomic mass is 16.2. The monoisotopic (exact) mass is 385 g/mol. The van der Waals surface area contributed by atoms with E-state index in [4.69, 9.17) is 0 Å². The first-order chi connectivity index (χ1) is 14.0. The van der Waals surface area contributed by atoms with Crippen molar-refractivity contribution < 1.29 is 9.59 Å². The summed E-state index contributed by atoms with van der Waals surface area (Å²) in [6.45, 7) is 0.301. The molecule has 0 fully saturated rings. The molecule has 0 saturated carbocycles. The number of anilines is 1. The van der Waals surface area contributed by atoms with Gasteiger partial charge in [0.1, 0.15) is 11.9 Å². The van der Waals surface area contributed by atoms with Gasteiger partial charge in [0.25, 0.3) is 0 Å². The highest BCUT2D eigenvalue weighted by molar-refractivity contribution is 5.94. The number of nitriles is 1. The van der Waals surface area contributed by atoms with Crippen LogP contribution in [0.2, 0.25) is 0 Å². The maximum atomic E-state index is 12.5. The number of para-hydroxylation sites is 1. The second-order valence-electron chi connectivity index (χ2n) is 6.99. The predicted octanol–water partition coefficient (Wildman–Crippen LogP) is 2.99. The lowest BCUT2D eigenvalue weighted by atomic mass is 10.0. The molecule has 2 aromatic heterocycles. The molecule has 0 bridgehead atoms. The van der Waals surface area contributed by atoms with Crippen molar-refractivity contribution in [2.45, 2.75) is 19.4 Å². The number of pyridine rings is 1. The van der Waals surface area contributed by atoms with Crippen LogP contribution in [0.25, 0.3) is 17.0 Å². The average molecular weight is 385 g/mol. The highest BCUT2D eigenvalue weighted by Crippen LogP contribution is 2.23. The SMILES string of the molecule is CN(Cc1[nH]c2ccccc2c1C#N)C(=O)/C=C/c1cnc2c(c1)CCC(=O)N2. The molecule has 2 amide bonds. The number of aromatic nitrogens is 2. The van der Waals surface area contributed by atoms with Crippen LogP contribution in [-0.2, 0) is 22.6 Å². The Kier molecular flexibility index (Phi) is 4.83. The number of hydrogen-bond donors (Lipinski definition) is 2. The molecule has 4 rings (SSSR count). The third kappa shape index (κ3) is 3.73. The van der Waals surface area contributed by atoms with Gasteiger partial charge in [-0.05, 0) is 35.8 Å². The number of likely N-dealkylation sites (N-methyl/N-ethyl adjacent to an activating group) is 1. The van der Waals surface area contributed by atoms with E-state index in [0.717, 1.165) is 22.0 Å². The van der Waals surface area contributed by atoms with Crippen LogP contribution < -0.4 is 5.32 Å². The number of H-pyrrole nitrogens is 1. The summed E-state index contributed by atoms with van der Waals surface area (Å²) in [6, 6.07) is 11.7. The fourth-order valence-corrected chi connectivity index (χ4v) is 3.42. The van der Waals surface area contributed by atoms with E-state index in [2.05, 4.69) is 21.4 Å². The van der Waals surface area contributed by atoms with Crippen molar-refractivity contribution in [3.8, 4) is 6.07 Å². The Morgan fingerprint density at radius 2 is 2.17 bits per heavy atom. The quantitative estimate of drug-likeness (QED) is 0.674. The first kappa shape index (κ1) is 18.4. The fourth-order valence-electron chi connectivity index (χ4n) is 3.42. The number of amides is 2. The summed E-state index contributed by atoms with van der Waals surface area (Å²) in [5, 5.41) is 13.1. The number of nitrogens with one attached hydrogen (secondary N) is 2. The van der Waals surface area contributed by atoms with Gasteiger partial charge in [0, 0.05) is 36.6 Å². The molecule has 0 saturated heterocycles. The summed E-state index contributed by atoms with van der Waals surface area (Å²) < 4.78 is 0. The Hall–Kier alpha value is -3.92. The molecule has 1 aromatic carbocycles. The molecule has 2 N–H and O–H groups in total. The lowest BCUT2D eigenvalue weighted by Crippen LogP contribution is -2.24. The van der Waals surface area contributed by atoms with Gasteiger partial charge < -0.3 is 15.2 Å². The first-order valence-corrected chi connectivity index (χ1v) is 9.27. The number of nitrogens with zero attached hydrogens (tertiary/aromatic N) is 3. The third-order valence-corrected chi connectivity index (χ3v) is 4.95. The molecule has 0 aliphatic carbocycles. The van der Waals surface area contributed by atoms with Gasteiger partial charge in [0.15, 0.2) is 0 Å². The topological polar surface area (TPSA) is 102 Å². The van der Waals surface area contributed by atoms with Gasteiger partial charge in [-0.1, -0.05) is 18.2 Å².